The third kappa shape index (κ3) is 2.54. The molecule has 0 saturated heterocycles. The van der Waals surface area contributed by atoms with Gasteiger partial charge in [0, 0.05) is 21.1 Å². The SMILES string of the molecule is C[N+](C)(C)[B-](Cl)(Cl)CCl. The van der Waals surface area contributed by atoms with E-state index in [9.17, 15) is 0 Å². The molecule has 0 amide bonds. The minimum absolute atomic E-state index is 0.298. The molecule has 0 heterocycles. The van der Waals surface area contributed by atoms with Crippen LogP contribution in [-0.2, 0) is 0 Å². The summed E-state index contributed by atoms with van der Waals surface area (Å²) in [7, 11) is 5.76. The van der Waals surface area contributed by atoms with Crippen LogP contribution in [0.25, 0.3) is 0 Å². The molecular formula is C4H11BCl3N. The van der Waals surface area contributed by atoms with Gasteiger partial charge in [0.15, 0.2) is 0 Å². The topological polar surface area (TPSA) is 0 Å². The van der Waals surface area contributed by atoms with Crippen molar-refractivity contribution in [2.75, 3.05) is 26.9 Å². The number of quaternary nitrogens is 1. The summed E-state index contributed by atoms with van der Waals surface area (Å²) in [4.78, 5) is 0. The van der Waals surface area contributed by atoms with Crippen LogP contribution < -0.4 is 0 Å². The highest BCUT2D eigenvalue weighted by atomic mass is 35.5. The largest absolute Gasteiger partial charge is 0.495 e. The van der Waals surface area contributed by atoms with Gasteiger partial charge in [-0.2, -0.15) is 11.6 Å². The Hall–Kier alpha value is 0.895. The predicted octanol–water partition coefficient (Wildman–Crippen LogP) is 1.89. The molecular weight excluding hydrogens is 179 g/mol. The third-order valence-electron chi connectivity index (χ3n) is 1.32. The van der Waals surface area contributed by atoms with Crippen molar-refractivity contribution in [1.29, 1.82) is 0 Å². The molecule has 0 rings (SSSR count). The fraction of sp³-hybridized carbons (Fsp3) is 1.00. The second-order valence-corrected chi connectivity index (χ2v) is 5.02. The molecule has 0 spiro atoms. The van der Waals surface area contributed by atoms with E-state index in [2.05, 4.69) is 0 Å². The molecule has 5 heteroatoms. The van der Waals surface area contributed by atoms with Gasteiger partial charge in [0.25, 0.3) is 0 Å². The summed E-state index contributed by atoms with van der Waals surface area (Å²) in [6.07, 6.45) is 0. The van der Waals surface area contributed by atoms with Crippen molar-refractivity contribution in [2.24, 2.45) is 0 Å². The van der Waals surface area contributed by atoms with Gasteiger partial charge in [-0.25, -0.2) is 0 Å². The maximum absolute atomic E-state index is 5.86. The van der Waals surface area contributed by atoms with E-state index in [0.29, 0.717) is 10.2 Å². The lowest BCUT2D eigenvalue weighted by atomic mass is 9.89. The zero-order chi connectivity index (χ0) is 7.71. The number of halogens is 3. The van der Waals surface area contributed by atoms with E-state index in [1.165, 1.54) is 0 Å². The highest BCUT2D eigenvalue weighted by molar-refractivity contribution is 7.43. The van der Waals surface area contributed by atoms with Crippen molar-refractivity contribution in [1.82, 2.24) is 0 Å². The van der Waals surface area contributed by atoms with E-state index in [4.69, 9.17) is 34.5 Å². The smallest absolute Gasteiger partial charge is 0.389 e. The summed E-state index contributed by atoms with van der Waals surface area (Å²) in [5.74, 6) is 0.298. The lowest BCUT2D eigenvalue weighted by Gasteiger charge is -2.43. The van der Waals surface area contributed by atoms with Crippen molar-refractivity contribution >= 4 is 39.6 Å². The second kappa shape index (κ2) is 2.87. The quantitative estimate of drug-likeness (QED) is 0.461. The van der Waals surface area contributed by atoms with Gasteiger partial charge in [0.2, 0.25) is 0 Å². The average Bonchev–Trinajstić information content (AvgIpc) is 1.64. The van der Waals surface area contributed by atoms with Gasteiger partial charge in [-0.1, -0.05) is 0 Å². The van der Waals surface area contributed by atoms with Crippen LogP contribution in [0.5, 0.6) is 0 Å². The number of nitrogens with zero attached hydrogens (tertiary/aromatic N) is 1. The van der Waals surface area contributed by atoms with Crippen molar-refractivity contribution in [3.05, 3.63) is 0 Å². The Balaban J connectivity index is 4.14. The predicted molar refractivity (Wildman–Crippen MR) is 46.2 cm³/mol. The molecule has 0 aliphatic heterocycles. The molecule has 56 valence electrons. The zero-order valence-electron chi connectivity index (χ0n) is 5.87. The highest BCUT2D eigenvalue weighted by Crippen LogP contribution is 2.23. The van der Waals surface area contributed by atoms with Crippen LogP contribution in [0.1, 0.15) is 0 Å². The summed E-state index contributed by atoms with van der Waals surface area (Å²) in [5.41, 5.74) is 0. The molecule has 0 bridgehead atoms. The number of hydrogen-bond acceptors (Lipinski definition) is 0. The van der Waals surface area contributed by atoms with E-state index >= 15 is 0 Å². The van der Waals surface area contributed by atoms with Gasteiger partial charge in [0.05, 0.1) is 0 Å². The van der Waals surface area contributed by atoms with Crippen LogP contribution in [0.15, 0.2) is 0 Å². The van der Waals surface area contributed by atoms with Crippen LogP contribution in [-0.4, -0.2) is 36.4 Å². The molecule has 0 aliphatic carbocycles. The minimum atomic E-state index is -1.48. The summed E-state index contributed by atoms with van der Waals surface area (Å²) < 4.78 is 0.507. The van der Waals surface area contributed by atoms with Crippen molar-refractivity contribution in [3.63, 3.8) is 0 Å². The summed E-state index contributed by atoms with van der Waals surface area (Å²) in [6, 6.07) is 0. The lowest BCUT2D eigenvalue weighted by Crippen LogP contribution is -2.55. The molecule has 0 fully saturated rings. The van der Waals surface area contributed by atoms with Gasteiger partial charge >= 0.3 is 5.11 Å². The summed E-state index contributed by atoms with van der Waals surface area (Å²) in [5, 5.41) is -1.48. The third-order valence-corrected chi connectivity index (χ3v) is 3.56. The Morgan fingerprint density at radius 2 is 1.56 bits per heavy atom. The van der Waals surface area contributed by atoms with E-state index in [1.807, 2.05) is 21.1 Å². The Morgan fingerprint density at radius 1 is 1.22 bits per heavy atom. The molecule has 0 aliphatic rings. The molecule has 9 heavy (non-hydrogen) atoms. The van der Waals surface area contributed by atoms with Gasteiger partial charge in [-0.3, -0.25) is 22.9 Å². The first-order chi connectivity index (χ1) is 3.81. The van der Waals surface area contributed by atoms with E-state index in [1.54, 1.807) is 0 Å². The van der Waals surface area contributed by atoms with E-state index in [-0.39, 0.29) is 0 Å². The zero-order valence-corrected chi connectivity index (χ0v) is 8.13. The van der Waals surface area contributed by atoms with Gasteiger partial charge in [0.1, 0.15) is 0 Å². The van der Waals surface area contributed by atoms with Crippen LogP contribution in [0.3, 0.4) is 0 Å². The maximum Gasteiger partial charge on any atom is 0.389 e. The minimum Gasteiger partial charge on any atom is -0.495 e. The lowest BCUT2D eigenvalue weighted by molar-refractivity contribution is -0.761. The molecule has 0 unspecified atom stereocenters. The molecule has 0 N–H and O–H groups in total. The highest BCUT2D eigenvalue weighted by Gasteiger charge is 2.33. The molecule has 0 aromatic heterocycles. The maximum atomic E-state index is 5.86. The monoisotopic (exact) mass is 189 g/mol. The second-order valence-electron chi connectivity index (χ2n) is 3.04. The fourth-order valence-corrected chi connectivity index (χ4v) is 0.621. The van der Waals surface area contributed by atoms with Crippen LogP contribution in [0, 0.1) is 0 Å². The molecule has 1 nitrogen and oxygen atoms in total. The van der Waals surface area contributed by atoms with Gasteiger partial charge in [-0.05, 0) is 5.78 Å². The molecule has 0 radical (unpaired) electrons. The fourth-order valence-electron chi connectivity index (χ4n) is 0.207. The Bertz CT molecular complexity index is 98.5. The molecule has 0 saturated carbocycles. The van der Waals surface area contributed by atoms with Gasteiger partial charge in [-0.15, -0.1) is 0 Å². The Labute approximate surface area is 71.2 Å². The van der Waals surface area contributed by atoms with Crippen LogP contribution in [0.4, 0.5) is 0 Å². The normalized spacial score (nSPS) is 14.0. The van der Waals surface area contributed by atoms with Crippen molar-refractivity contribution < 1.29 is 4.39 Å². The van der Waals surface area contributed by atoms with Crippen LogP contribution in [0.2, 0.25) is 0 Å². The number of alkyl halides is 1. The van der Waals surface area contributed by atoms with E-state index in [0.717, 1.165) is 0 Å². The number of rotatable bonds is 2. The van der Waals surface area contributed by atoms with Crippen molar-refractivity contribution in [2.45, 2.75) is 0 Å². The standard InChI is InChI=1S/C4H11BCl3N/c1-9(2,3)5(7,8)4-6/h4H2,1-3H3. The number of hydrogen-bond donors (Lipinski definition) is 0. The average molecular weight is 190 g/mol. The first-order valence-electron chi connectivity index (χ1n) is 2.71. The Morgan fingerprint density at radius 3 is 1.56 bits per heavy atom. The van der Waals surface area contributed by atoms with Gasteiger partial charge < -0.3 is 4.39 Å². The Kier molecular flexibility index (Phi) is 3.16. The molecule has 0 aromatic carbocycles. The van der Waals surface area contributed by atoms with Crippen molar-refractivity contribution in [3.8, 4) is 0 Å². The first-order valence-corrected chi connectivity index (χ1v) is 4.12. The first kappa shape index (κ1) is 9.89. The molecule has 0 aromatic rings. The molecule has 0 atom stereocenters. The van der Waals surface area contributed by atoms with E-state index < -0.39 is 5.11 Å². The van der Waals surface area contributed by atoms with Crippen LogP contribution >= 0.6 is 34.5 Å². The summed E-state index contributed by atoms with van der Waals surface area (Å²) >= 11 is 17.3. The summed E-state index contributed by atoms with van der Waals surface area (Å²) in [6.45, 7) is 0.